The average Bonchev–Trinajstić information content (AvgIpc) is 2.98. The van der Waals surface area contributed by atoms with Gasteiger partial charge in [0.1, 0.15) is 0 Å². The molecule has 1 unspecified atom stereocenters. The van der Waals surface area contributed by atoms with E-state index in [9.17, 15) is 4.79 Å². The molecule has 0 aromatic heterocycles. The largest absolute Gasteiger partial charge is 0.379 e. The molecule has 0 amide bonds. The lowest BCUT2D eigenvalue weighted by Gasteiger charge is -2.32. The van der Waals surface area contributed by atoms with Crippen molar-refractivity contribution in [2.24, 2.45) is 0 Å². The first-order chi connectivity index (χ1) is 9.74. The number of ether oxygens (including phenoxy) is 1. The summed E-state index contributed by atoms with van der Waals surface area (Å²) in [5.41, 5.74) is 2.02. The highest BCUT2D eigenvalue weighted by atomic mass is 16.5. The quantitative estimate of drug-likeness (QED) is 0.787. The molecule has 0 saturated carbocycles. The van der Waals surface area contributed by atoms with Crippen LogP contribution in [0.3, 0.4) is 0 Å². The zero-order chi connectivity index (χ0) is 13.9. The average molecular weight is 274 g/mol. The van der Waals surface area contributed by atoms with Crippen molar-refractivity contribution >= 4 is 11.5 Å². The van der Waals surface area contributed by atoms with Gasteiger partial charge in [0.15, 0.2) is 5.78 Å². The number of morpholine rings is 1. The van der Waals surface area contributed by atoms with E-state index in [-0.39, 0.29) is 5.78 Å². The van der Waals surface area contributed by atoms with Gasteiger partial charge in [0.05, 0.1) is 13.2 Å². The summed E-state index contributed by atoms with van der Waals surface area (Å²) < 4.78 is 5.42. The number of hydrogen-bond donors (Lipinski definition) is 0. The summed E-state index contributed by atoms with van der Waals surface area (Å²) in [5, 5.41) is 0. The zero-order valence-electron chi connectivity index (χ0n) is 12.0. The van der Waals surface area contributed by atoms with Crippen LogP contribution in [0, 0.1) is 0 Å². The Morgan fingerprint density at radius 1 is 1.15 bits per heavy atom. The third kappa shape index (κ3) is 2.86. The topological polar surface area (TPSA) is 32.8 Å². The Morgan fingerprint density at radius 2 is 1.85 bits per heavy atom. The number of hydrogen-bond acceptors (Lipinski definition) is 4. The monoisotopic (exact) mass is 274 g/mol. The first kappa shape index (κ1) is 13.6. The minimum Gasteiger partial charge on any atom is -0.379 e. The number of benzene rings is 1. The van der Waals surface area contributed by atoms with Gasteiger partial charge < -0.3 is 9.64 Å². The Balaban J connectivity index is 1.62. The van der Waals surface area contributed by atoms with Gasteiger partial charge in [0, 0.05) is 43.5 Å². The Bertz CT molecular complexity index is 466. The van der Waals surface area contributed by atoms with Gasteiger partial charge in [-0.1, -0.05) is 0 Å². The van der Waals surface area contributed by atoms with Gasteiger partial charge in [-0.2, -0.15) is 0 Å². The predicted octanol–water partition coefficient (Wildman–Crippen LogP) is 1.80. The molecule has 108 valence electrons. The van der Waals surface area contributed by atoms with E-state index in [4.69, 9.17) is 4.74 Å². The smallest absolute Gasteiger partial charge is 0.159 e. The normalized spacial score (nSPS) is 24.1. The van der Waals surface area contributed by atoms with Crippen LogP contribution in [0.2, 0.25) is 0 Å². The number of carbonyl (C=O) groups is 1. The number of carbonyl (C=O) groups excluding carboxylic acids is 1. The highest BCUT2D eigenvalue weighted by Crippen LogP contribution is 2.24. The molecular weight excluding hydrogens is 252 g/mol. The van der Waals surface area contributed by atoms with Gasteiger partial charge in [-0.25, -0.2) is 0 Å². The Morgan fingerprint density at radius 3 is 2.50 bits per heavy atom. The van der Waals surface area contributed by atoms with E-state index in [0.717, 1.165) is 45.0 Å². The van der Waals surface area contributed by atoms with Crippen molar-refractivity contribution in [1.29, 1.82) is 0 Å². The SMILES string of the molecule is CC(=O)c1ccc(N2CCC(N3CCOCC3)C2)cc1. The van der Waals surface area contributed by atoms with E-state index >= 15 is 0 Å². The number of nitrogens with zero attached hydrogens (tertiary/aromatic N) is 2. The second-order valence-electron chi connectivity index (χ2n) is 5.64. The van der Waals surface area contributed by atoms with Crippen molar-refractivity contribution in [1.82, 2.24) is 4.90 Å². The van der Waals surface area contributed by atoms with Crippen LogP contribution in [0.25, 0.3) is 0 Å². The van der Waals surface area contributed by atoms with Gasteiger partial charge in [-0.3, -0.25) is 9.69 Å². The zero-order valence-corrected chi connectivity index (χ0v) is 12.0. The van der Waals surface area contributed by atoms with Crippen molar-refractivity contribution < 1.29 is 9.53 Å². The van der Waals surface area contributed by atoms with Crippen molar-refractivity contribution in [2.75, 3.05) is 44.3 Å². The maximum Gasteiger partial charge on any atom is 0.159 e. The van der Waals surface area contributed by atoms with Crippen LogP contribution in [-0.4, -0.2) is 56.1 Å². The number of anilines is 1. The van der Waals surface area contributed by atoms with Crippen molar-refractivity contribution in [3.8, 4) is 0 Å². The molecule has 0 radical (unpaired) electrons. The van der Waals surface area contributed by atoms with Crippen molar-refractivity contribution in [3.05, 3.63) is 29.8 Å². The first-order valence-corrected chi connectivity index (χ1v) is 7.42. The van der Waals surface area contributed by atoms with Crippen LogP contribution >= 0.6 is 0 Å². The van der Waals surface area contributed by atoms with E-state index in [1.54, 1.807) is 6.92 Å². The minimum atomic E-state index is 0.129. The van der Waals surface area contributed by atoms with Crippen LogP contribution in [-0.2, 0) is 4.74 Å². The molecule has 2 aliphatic rings. The fourth-order valence-electron chi connectivity index (χ4n) is 3.12. The number of Topliss-reactive ketones (excluding diaryl/α,β-unsaturated/α-hetero) is 1. The van der Waals surface area contributed by atoms with Gasteiger partial charge in [0.2, 0.25) is 0 Å². The molecule has 2 fully saturated rings. The molecule has 2 saturated heterocycles. The molecule has 3 rings (SSSR count). The summed E-state index contributed by atoms with van der Waals surface area (Å²) in [6, 6.07) is 8.64. The summed E-state index contributed by atoms with van der Waals surface area (Å²) in [4.78, 5) is 16.3. The molecule has 1 aromatic carbocycles. The van der Waals surface area contributed by atoms with Crippen LogP contribution in [0.1, 0.15) is 23.7 Å². The summed E-state index contributed by atoms with van der Waals surface area (Å²) in [7, 11) is 0. The molecule has 1 atom stereocenters. The fourth-order valence-corrected chi connectivity index (χ4v) is 3.12. The third-order valence-corrected chi connectivity index (χ3v) is 4.36. The highest BCUT2D eigenvalue weighted by molar-refractivity contribution is 5.94. The standard InChI is InChI=1S/C16H22N2O2/c1-13(19)14-2-4-15(5-3-14)18-7-6-16(12-18)17-8-10-20-11-9-17/h2-5,16H,6-12H2,1H3. The number of ketones is 1. The van der Waals surface area contributed by atoms with E-state index in [1.807, 2.05) is 12.1 Å². The lowest BCUT2D eigenvalue weighted by molar-refractivity contribution is 0.0209. The predicted molar refractivity (Wildman–Crippen MR) is 79.5 cm³/mol. The fraction of sp³-hybridized carbons (Fsp3) is 0.562. The van der Waals surface area contributed by atoms with Gasteiger partial charge in [-0.05, 0) is 37.6 Å². The lowest BCUT2D eigenvalue weighted by atomic mass is 10.1. The van der Waals surface area contributed by atoms with E-state index in [1.165, 1.54) is 12.1 Å². The maximum atomic E-state index is 11.3. The molecule has 4 nitrogen and oxygen atoms in total. The number of rotatable bonds is 3. The Kier molecular flexibility index (Phi) is 4.03. The van der Waals surface area contributed by atoms with E-state index in [2.05, 4.69) is 21.9 Å². The summed E-state index contributed by atoms with van der Waals surface area (Å²) >= 11 is 0. The maximum absolute atomic E-state index is 11.3. The summed E-state index contributed by atoms with van der Waals surface area (Å²) in [6.45, 7) is 7.64. The highest BCUT2D eigenvalue weighted by Gasteiger charge is 2.28. The molecular formula is C16H22N2O2. The van der Waals surface area contributed by atoms with Gasteiger partial charge in [-0.15, -0.1) is 0 Å². The lowest BCUT2D eigenvalue weighted by Crippen LogP contribution is -2.44. The van der Waals surface area contributed by atoms with Crippen molar-refractivity contribution in [2.45, 2.75) is 19.4 Å². The first-order valence-electron chi connectivity index (χ1n) is 7.42. The van der Waals surface area contributed by atoms with Crippen molar-refractivity contribution in [3.63, 3.8) is 0 Å². The van der Waals surface area contributed by atoms with Gasteiger partial charge >= 0.3 is 0 Å². The molecule has 0 aliphatic carbocycles. The molecule has 0 bridgehead atoms. The minimum absolute atomic E-state index is 0.129. The summed E-state index contributed by atoms with van der Waals surface area (Å²) in [5.74, 6) is 0.129. The summed E-state index contributed by atoms with van der Waals surface area (Å²) in [6.07, 6.45) is 1.22. The van der Waals surface area contributed by atoms with Crippen LogP contribution in [0.4, 0.5) is 5.69 Å². The second-order valence-corrected chi connectivity index (χ2v) is 5.64. The van der Waals surface area contributed by atoms with Gasteiger partial charge in [0.25, 0.3) is 0 Å². The van der Waals surface area contributed by atoms with Crippen LogP contribution in [0.5, 0.6) is 0 Å². The van der Waals surface area contributed by atoms with Crippen LogP contribution < -0.4 is 4.90 Å². The molecule has 2 heterocycles. The third-order valence-electron chi connectivity index (χ3n) is 4.36. The molecule has 0 N–H and O–H groups in total. The van der Waals surface area contributed by atoms with E-state index in [0.29, 0.717) is 6.04 Å². The molecule has 0 spiro atoms. The Hall–Kier alpha value is -1.39. The molecule has 4 heteroatoms. The molecule has 2 aliphatic heterocycles. The Labute approximate surface area is 120 Å². The second kappa shape index (κ2) is 5.94. The van der Waals surface area contributed by atoms with E-state index < -0.39 is 0 Å². The molecule has 1 aromatic rings. The van der Waals surface area contributed by atoms with Crippen LogP contribution in [0.15, 0.2) is 24.3 Å². The molecule has 20 heavy (non-hydrogen) atoms.